The first kappa shape index (κ1) is 16.3. The minimum Gasteiger partial charge on any atom is -0.375 e. The molecule has 3 atom stereocenters. The molecule has 0 radical (unpaired) electrons. The Bertz CT molecular complexity index is 273. The molecule has 3 unspecified atom stereocenters. The Morgan fingerprint density at radius 3 is 2.55 bits per heavy atom. The second kappa shape index (κ2) is 7.79. The quantitative estimate of drug-likeness (QED) is 0.653. The lowest BCUT2D eigenvalue weighted by Crippen LogP contribution is -2.64. The molecule has 0 saturated heterocycles. The predicted molar refractivity (Wildman–Crippen MR) is 86.1 cm³/mol. The van der Waals surface area contributed by atoms with Gasteiger partial charge in [0.15, 0.2) is 0 Å². The number of unbranched alkanes of at least 4 members (excludes halogenated alkanes) is 3. The molecule has 0 aromatic rings. The van der Waals surface area contributed by atoms with E-state index in [1.54, 1.807) is 0 Å². The Morgan fingerprint density at radius 1 is 1.15 bits per heavy atom. The minimum atomic E-state index is 0.452. The van der Waals surface area contributed by atoms with Gasteiger partial charge in [0.1, 0.15) is 0 Å². The van der Waals surface area contributed by atoms with Crippen LogP contribution in [0.3, 0.4) is 0 Å². The molecule has 1 N–H and O–H groups in total. The van der Waals surface area contributed by atoms with Gasteiger partial charge < -0.3 is 10.1 Å². The molecule has 0 bridgehead atoms. The van der Waals surface area contributed by atoms with Crippen molar-refractivity contribution in [1.29, 1.82) is 0 Å². The van der Waals surface area contributed by atoms with E-state index < -0.39 is 0 Å². The number of nitrogens with one attached hydrogen (secondary N) is 1. The van der Waals surface area contributed by atoms with Gasteiger partial charge in [-0.3, -0.25) is 0 Å². The highest BCUT2D eigenvalue weighted by atomic mass is 16.5. The Hall–Kier alpha value is -0.0800. The zero-order valence-corrected chi connectivity index (χ0v) is 13.9. The lowest BCUT2D eigenvalue weighted by atomic mass is 9.55. The third-order valence-corrected chi connectivity index (χ3v) is 5.78. The summed E-state index contributed by atoms with van der Waals surface area (Å²) in [7, 11) is 2.13. The number of ether oxygens (including phenoxy) is 1. The van der Waals surface area contributed by atoms with Crippen LogP contribution in [0.1, 0.15) is 84.5 Å². The zero-order chi connectivity index (χ0) is 14.4. The summed E-state index contributed by atoms with van der Waals surface area (Å²) < 4.78 is 6.45. The fourth-order valence-corrected chi connectivity index (χ4v) is 4.43. The van der Waals surface area contributed by atoms with E-state index in [2.05, 4.69) is 26.2 Å². The molecule has 2 fully saturated rings. The van der Waals surface area contributed by atoms with Crippen LogP contribution in [0.4, 0.5) is 0 Å². The highest BCUT2D eigenvalue weighted by Crippen LogP contribution is 2.53. The zero-order valence-electron chi connectivity index (χ0n) is 13.9. The Balaban J connectivity index is 1.77. The molecule has 0 aromatic heterocycles. The SMILES string of the molecule is CCCCCCC(C)OC1CC(NC)C12CCCCC2. The van der Waals surface area contributed by atoms with Crippen molar-refractivity contribution in [3.05, 3.63) is 0 Å². The first-order chi connectivity index (χ1) is 9.73. The Kier molecular flexibility index (Phi) is 6.35. The normalized spacial score (nSPS) is 30.1. The van der Waals surface area contributed by atoms with Gasteiger partial charge in [0, 0.05) is 11.5 Å². The summed E-state index contributed by atoms with van der Waals surface area (Å²) in [4.78, 5) is 0. The van der Waals surface area contributed by atoms with E-state index in [4.69, 9.17) is 4.74 Å². The molecule has 20 heavy (non-hydrogen) atoms. The highest BCUT2D eigenvalue weighted by Gasteiger charge is 2.55. The van der Waals surface area contributed by atoms with Gasteiger partial charge in [-0.15, -0.1) is 0 Å². The molecule has 0 aliphatic heterocycles. The molecule has 2 rings (SSSR count). The number of hydrogen-bond donors (Lipinski definition) is 1. The van der Waals surface area contributed by atoms with E-state index >= 15 is 0 Å². The Labute approximate surface area is 126 Å². The second-order valence-electron chi connectivity index (χ2n) is 7.16. The molecule has 0 aromatic carbocycles. The molecule has 118 valence electrons. The molecular weight excluding hydrogens is 246 g/mol. The van der Waals surface area contributed by atoms with E-state index in [1.807, 2.05) is 0 Å². The van der Waals surface area contributed by atoms with Crippen molar-refractivity contribution in [2.24, 2.45) is 5.41 Å². The van der Waals surface area contributed by atoms with Crippen molar-refractivity contribution in [2.45, 2.75) is 103 Å². The van der Waals surface area contributed by atoms with Gasteiger partial charge in [-0.2, -0.15) is 0 Å². The summed E-state index contributed by atoms with van der Waals surface area (Å²) >= 11 is 0. The van der Waals surface area contributed by atoms with Crippen LogP contribution in [0.2, 0.25) is 0 Å². The monoisotopic (exact) mass is 281 g/mol. The molecule has 1 spiro atoms. The van der Waals surface area contributed by atoms with Crippen molar-refractivity contribution in [1.82, 2.24) is 5.32 Å². The molecule has 0 amide bonds. The maximum absolute atomic E-state index is 6.45. The van der Waals surface area contributed by atoms with Gasteiger partial charge in [-0.1, -0.05) is 51.9 Å². The third kappa shape index (κ3) is 3.57. The molecule has 2 aliphatic rings. The van der Waals surface area contributed by atoms with E-state index in [0.717, 1.165) is 0 Å². The summed E-state index contributed by atoms with van der Waals surface area (Å²) in [5.41, 5.74) is 0.477. The van der Waals surface area contributed by atoms with Crippen LogP contribution in [-0.4, -0.2) is 25.3 Å². The molecule has 2 saturated carbocycles. The van der Waals surface area contributed by atoms with Crippen LogP contribution in [0.5, 0.6) is 0 Å². The maximum Gasteiger partial charge on any atom is 0.0664 e. The topological polar surface area (TPSA) is 21.3 Å². The van der Waals surface area contributed by atoms with Gasteiger partial charge in [-0.05, 0) is 39.7 Å². The van der Waals surface area contributed by atoms with Crippen LogP contribution >= 0.6 is 0 Å². The molecule has 2 heteroatoms. The number of hydrogen-bond acceptors (Lipinski definition) is 2. The van der Waals surface area contributed by atoms with Gasteiger partial charge in [0.25, 0.3) is 0 Å². The van der Waals surface area contributed by atoms with Crippen molar-refractivity contribution in [2.75, 3.05) is 7.05 Å². The van der Waals surface area contributed by atoms with Gasteiger partial charge in [0.05, 0.1) is 12.2 Å². The van der Waals surface area contributed by atoms with Crippen LogP contribution < -0.4 is 5.32 Å². The van der Waals surface area contributed by atoms with Crippen molar-refractivity contribution < 1.29 is 4.74 Å². The van der Waals surface area contributed by atoms with Gasteiger partial charge in [0.2, 0.25) is 0 Å². The smallest absolute Gasteiger partial charge is 0.0664 e. The molecule has 2 nitrogen and oxygen atoms in total. The first-order valence-electron chi connectivity index (χ1n) is 9.05. The number of rotatable bonds is 8. The molecule has 2 aliphatic carbocycles. The summed E-state index contributed by atoms with van der Waals surface area (Å²) in [6, 6.07) is 0.708. The lowest BCUT2D eigenvalue weighted by molar-refractivity contribution is -0.173. The summed E-state index contributed by atoms with van der Waals surface area (Å²) in [5.74, 6) is 0. The average Bonchev–Trinajstić information content (AvgIpc) is 2.48. The fraction of sp³-hybridized carbons (Fsp3) is 1.00. The van der Waals surface area contributed by atoms with Gasteiger partial charge >= 0.3 is 0 Å². The minimum absolute atomic E-state index is 0.452. The third-order valence-electron chi connectivity index (χ3n) is 5.78. The largest absolute Gasteiger partial charge is 0.375 e. The van der Waals surface area contributed by atoms with E-state index in [0.29, 0.717) is 23.7 Å². The fourth-order valence-electron chi connectivity index (χ4n) is 4.43. The van der Waals surface area contributed by atoms with Crippen molar-refractivity contribution in [3.63, 3.8) is 0 Å². The average molecular weight is 281 g/mol. The summed E-state index contributed by atoms with van der Waals surface area (Å²) in [6.07, 6.45) is 15.9. The highest BCUT2D eigenvalue weighted by molar-refractivity contribution is 5.08. The Morgan fingerprint density at radius 2 is 1.90 bits per heavy atom. The standard InChI is InChI=1S/C18H35NO/c1-4-5-6-8-11-15(2)20-17-14-16(19-3)18(17)12-9-7-10-13-18/h15-17,19H,4-14H2,1-3H3. The summed E-state index contributed by atoms with van der Waals surface area (Å²) in [6.45, 7) is 4.56. The molecule has 0 heterocycles. The maximum atomic E-state index is 6.45. The predicted octanol–water partition coefficient (Wildman–Crippen LogP) is 4.67. The van der Waals surface area contributed by atoms with E-state index in [1.165, 1.54) is 70.6 Å². The first-order valence-corrected chi connectivity index (χ1v) is 9.05. The van der Waals surface area contributed by atoms with Crippen molar-refractivity contribution >= 4 is 0 Å². The molecular formula is C18H35NO. The second-order valence-corrected chi connectivity index (χ2v) is 7.16. The van der Waals surface area contributed by atoms with Crippen LogP contribution in [0.25, 0.3) is 0 Å². The van der Waals surface area contributed by atoms with E-state index in [9.17, 15) is 0 Å². The van der Waals surface area contributed by atoms with Crippen LogP contribution in [-0.2, 0) is 4.74 Å². The lowest BCUT2D eigenvalue weighted by Gasteiger charge is -2.58. The van der Waals surface area contributed by atoms with Crippen LogP contribution in [0.15, 0.2) is 0 Å². The van der Waals surface area contributed by atoms with Crippen LogP contribution in [0, 0.1) is 5.41 Å². The van der Waals surface area contributed by atoms with E-state index in [-0.39, 0.29) is 0 Å². The van der Waals surface area contributed by atoms with Gasteiger partial charge in [-0.25, -0.2) is 0 Å². The summed E-state index contributed by atoms with van der Waals surface area (Å²) in [5, 5.41) is 3.55. The van der Waals surface area contributed by atoms with Crippen molar-refractivity contribution in [3.8, 4) is 0 Å².